The molecule has 0 radical (unpaired) electrons. The van der Waals surface area contributed by atoms with Gasteiger partial charge in [0, 0.05) is 116 Å². The van der Waals surface area contributed by atoms with E-state index in [0.29, 0.717) is 153 Å². The molecule has 10 aromatic carbocycles. The van der Waals surface area contributed by atoms with Gasteiger partial charge in [0.25, 0.3) is 34.1 Å². The van der Waals surface area contributed by atoms with E-state index in [2.05, 4.69) is 90.8 Å². The van der Waals surface area contributed by atoms with Crippen LogP contribution in [0.2, 0.25) is 0 Å². The maximum atomic E-state index is 12.8. The lowest BCUT2D eigenvalue weighted by Crippen LogP contribution is -2.19. The number of rotatable bonds is 26. The van der Waals surface area contributed by atoms with Gasteiger partial charge in [-0.1, -0.05) is 164 Å². The number of hydrogen-bond donors (Lipinski definition) is 9. The van der Waals surface area contributed by atoms with Crippen molar-refractivity contribution < 1.29 is 47.3 Å². The number of aromatic amines is 2. The van der Waals surface area contributed by atoms with Crippen LogP contribution in [0, 0.1) is 75.0 Å². The Morgan fingerprint density at radius 3 is 1.12 bits per heavy atom. The third-order valence-corrected chi connectivity index (χ3v) is 22.1. The van der Waals surface area contributed by atoms with Crippen LogP contribution < -0.4 is 39.3 Å². The first-order valence-electron chi connectivity index (χ1n) is 44.1. The van der Waals surface area contributed by atoms with Crippen molar-refractivity contribution in [2.75, 3.05) is 46.4 Å². The van der Waals surface area contributed by atoms with Gasteiger partial charge in [0.1, 0.15) is 54.3 Å². The number of aromatic nitrogens is 18. The Morgan fingerprint density at radius 1 is 0.412 bits per heavy atom. The van der Waals surface area contributed by atoms with Crippen LogP contribution in [0.25, 0.3) is 53.8 Å². The van der Waals surface area contributed by atoms with E-state index < -0.39 is 42.4 Å². The van der Waals surface area contributed by atoms with Crippen molar-refractivity contribution in [2.24, 2.45) is 0 Å². The van der Waals surface area contributed by atoms with E-state index in [4.69, 9.17) is 56.9 Å². The average Bonchev–Trinajstić information content (AvgIpc) is 1.64. The van der Waals surface area contributed by atoms with Crippen LogP contribution in [-0.2, 0) is 69.1 Å². The number of hydrogen-bond acceptors (Lipinski definition) is 31. The number of nitriles is 1. The SMILES string of the molecule is Nc1ncnc2c1c(Cc1cccc(NC(=O)Nc3ccc(C(F)(F)F)cc3)c1)nn2Cc1ccccc1.Nc1ncnc2c1c(Cc1cccc([N+](=O)[O-])c1)nn2Cc1ccccc1.Nc1ncnc2c1c(Cc1cccc([N+](=O)[O-])c1)nn2Cc1ccccc1.Nc1ncnc2n[nH]c(Cc3cccc([N+](=O)[O-])c3)c12.[C-]#[N+]/C(C#N)=C(\Cc1cccc([N+](=O)[O-])c1)OC.[C-]#[N+]c1c(N)n[nH]c1Cc1cccc([N+](=O)[O-])c1. The molecule has 19 rings (SSSR count). The fraction of sp³-hybridized carbons (Fsp3) is 0.110. The molecule has 0 atom stereocenters. The highest BCUT2D eigenvalue weighted by molar-refractivity contribution is 6.00. The van der Waals surface area contributed by atoms with Crippen LogP contribution in [0.4, 0.5) is 92.6 Å². The van der Waals surface area contributed by atoms with Crippen molar-refractivity contribution in [3.63, 3.8) is 0 Å². The summed E-state index contributed by atoms with van der Waals surface area (Å²) >= 11 is 0. The van der Waals surface area contributed by atoms with Crippen molar-refractivity contribution in [1.82, 2.24) is 89.6 Å². The maximum absolute atomic E-state index is 12.8. The molecular weight excluding hydrogens is 1910 g/mol. The summed E-state index contributed by atoms with van der Waals surface area (Å²) in [5.74, 6) is 1.71. The standard InChI is InChI=1S/C27H22F3N7O.2C19H16N6O2.C12H10N6O2.C12H9N3O3.C11H9N5O2/c28-27(29,30)19-9-11-20(12-10-19)34-26(38)35-21-8-4-7-18(13-21)14-22-23-24(31)32-16-33-25(23)37(36-22)15-17-5-2-1-3-6-17;2*20-18-17-16(10-14-7-4-8-15(9-14)25(26)27)23-24(19(17)22-12-21-18)11-13-5-2-1-3-6-13;13-11-10-9(16-17-12(10)15-6-14-11)5-7-2-1-3-8(4-7)18(19)20;1-14-11(8-13)12(18-2)7-9-4-3-5-10(6-9)15(16)17;1-13-10-9(14-15-11(10)12)6-7-3-2-4-8(5-7)16(17)18/h1-13,16H,14-15H2,(H2,31,32,33)(H2,34,35,38);2*1-9,12H,10-11H2,(H2,20,21,22);1-4,6H,5H2,(H3,13,14,15,16,17);3-6H,7H2,2H3;2-5H,6H2,(H3,12,14,15)/b;;;;12-11+;. The number of anilines is 7. The van der Waals surface area contributed by atoms with Gasteiger partial charge in [0.05, 0.1) is 120 Å². The van der Waals surface area contributed by atoms with E-state index in [1.165, 1.54) is 93.1 Å². The molecule has 0 aliphatic rings. The zero-order valence-corrected chi connectivity index (χ0v) is 77.7. The minimum atomic E-state index is -4.44. The van der Waals surface area contributed by atoms with Gasteiger partial charge >= 0.3 is 12.2 Å². The topological polar surface area (TPSA) is 643 Å². The van der Waals surface area contributed by atoms with Crippen LogP contribution in [0.3, 0.4) is 0 Å². The van der Waals surface area contributed by atoms with E-state index >= 15 is 0 Å². The maximum Gasteiger partial charge on any atom is 0.416 e. The molecule has 0 saturated carbocycles. The molecule has 740 valence electrons. The Hall–Kier alpha value is -21.3. The number of nitro benzene ring substituents is 5. The zero-order valence-electron chi connectivity index (χ0n) is 77.7. The summed E-state index contributed by atoms with van der Waals surface area (Å²) in [6.07, 6.45) is 3.31. The summed E-state index contributed by atoms with van der Waals surface area (Å²) in [6.45, 7) is 15.4. The molecule has 14 N–H and O–H groups in total. The molecule has 148 heavy (non-hydrogen) atoms. The number of nitrogens with one attached hydrogen (secondary N) is 4. The molecule has 45 nitrogen and oxygen atoms in total. The monoisotopic (exact) mass is 1990 g/mol. The number of allylic oxidation sites excluding steroid dienone is 2. The number of nitrogens with zero attached hydrogens (tertiary/aromatic N) is 24. The highest BCUT2D eigenvalue weighted by Gasteiger charge is 2.31. The lowest BCUT2D eigenvalue weighted by molar-refractivity contribution is -0.385. The van der Waals surface area contributed by atoms with E-state index in [1.54, 1.807) is 99.0 Å². The molecule has 0 unspecified atom stereocenters. The van der Waals surface area contributed by atoms with Crippen LogP contribution in [0.5, 0.6) is 0 Å². The number of nitrogens with two attached hydrogens (primary N) is 5. The van der Waals surface area contributed by atoms with Gasteiger partial charge in [-0.05, 0) is 86.5 Å². The Kier molecular flexibility index (Phi) is 33.0. The number of methoxy groups -OCH3 is 1. The molecular formula is C100H82F3N33O12. The number of benzene rings is 10. The van der Waals surface area contributed by atoms with Crippen molar-refractivity contribution in [3.8, 4) is 6.07 Å². The fourth-order valence-corrected chi connectivity index (χ4v) is 15.3. The molecule has 9 heterocycles. The van der Waals surface area contributed by atoms with Crippen molar-refractivity contribution in [1.29, 1.82) is 5.26 Å². The quantitative estimate of drug-likeness (QED) is 0.00799. The number of carbonyl (C=O) groups excluding carboxylic acids is 1. The number of ether oxygens (including phenoxy) is 1. The smallest absolute Gasteiger partial charge is 0.416 e. The Morgan fingerprint density at radius 2 is 0.750 bits per heavy atom. The van der Waals surface area contributed by atoms with Gasteiger partial charge < -0.3 is 44.0 Å². The van der Waals surface area contributed by atoms with E-state index in [1.807, 2.05) is 109 Å². The van der Waals surface area contributed by atoms with Crippen molar-refractivity contribution >= 4 is 125 Å². The van der Waals surface area contributed by atoms with Crippen LogP contribution in [0.15, 0.2) is 298 Å². The molecule has 0 spiro atoms. The minimum Gasteiger partial charge on any atom is -0.511 e. The minimum absolute atomic E-state index is 0.0179. The summed E-state index contributed by atoms with van der Waals surface area (Å²) in [4.78, 5) is 104. The van der Waals surface area contributed by atoms with Crippen LogP contribution in [-0.4, -0.2) is 127 Å². The summed E-state index contributed by atoms with van der Waals surface area (Å²) in [5.41, 5.74) is 43.4. The number of H-pyrrole nitrogens is 2. The van der Waals surface area contributed by atoms with Crippen LogP contribution >= 0.6 is 0 Å². The summed E-state index contributed by atoms with van der Waals surface area (Å²) in [7, 11) is 1.36. The van der Waals surface area contributed by atoms with E-state index in [0.717, 1.165) is 62.3 Å². The number of nitrogen functional groups attached to an aromatic ring is 5. The first-order valence-corrected chi connectivity index (χ1v) is 44.1. The normalized spacial score (nSPS) is 10.9. The van der Waals surface area contributed by atoms with E-state index in [9.17, 15) is 68.5 Å². The third kappa shape index (κ3) is 26.4. The third-order valence-electron chi connectivity index (χ3n) is 22.1. The van der Waals surface area contributed by atoms with Crippen molar-refractivity contribution in [2.45, 2.75) is 64.3 Å². The van der Waals surface area contributed by atoms with Gasteiger partial charge in [0.15, 0.2) is 28.4 Å². The van der Waals surface area contributed by atoms with Gasteiger partial charge in [-0.2, -0.15) is 38.7 Å². The molecule has 0 aliphatic carbocycles. The lowest BCUT2D eigenvalue weighted by Gasteiger charge is -2.10. The molecule has 0 fully saturated rings. The van der Waals surface area contributed by atoms with E-state index in [-0.39, 0.29) is 63.5 Å². The number of carbonyl (C=O) groups is 1. The summed E-state index contributed by atoms with van der Waals surface area (Å²) in [6, 6.07) is 73.8. The number of alkyl halides is 3. The summed E-state index contributed by atoms with van der Waals surface area (Å²) in [5, 5.41) is 98.2. The van der Waals surface area contributed by atoms with Gasteiger partial charge in [-0.3, -0.25) is 60.8 Å². The van der Waals surface area contributed by atoms with Gasteiger partial charge in [0.2, 0.25) is 5.69 Å². The highest BCUT2D eigenvalue weighted by atomic mass is 19.4. The Bertz CT molecular complexity index is 8080. The zero-order chi connectivity index (χ0) is 105. The molecule has 48 heteroatoms. The second-order valence-corrected chi connectivity index (χ2v) is 32.1. The average molecular weight is 1990 g/mol. The number of nitro groups is 5. The van der Waals surface area contributed by atoms with Crippen LogP contribution in [0.1, 0.15) is 84.1 Å². The number of non-ortho nitro benzene ring substituents is 5. The molecule has 0 saturated heterocycles. The molecule has 0 aliphatic heterocycles. The summed E-state index contributed by atoms with van der Waals surface area (Å²) < 4.78 is 48.6. The predicted molar refractivity (Wildman–Crippen MR) is 541 cm³/mol. The van der Waals surface area contributed by atoms with Gasteiger partial charge in [-0.15, -0.1) is 0 Å². The molecule has 9 aromatic heterocycles. The number of urea groups is 1. The lowest BCUT2D eigenvalue weighted by atomic mass is 10.1. The number of amides is 2. The molecule has 2 amide bonds. The second-order valence-electron chi connectivity index (χ2n) is 32.1. The van der Waals surface area contributed by atoms with Crippen molar-refractivity contribution in [3.05, 3.63) is 455 Å². The fourth-order valence-electron chi connectivity index (χ4n) is 15.3. The van der Waals surface area contributed by atoms with Gasteiger partial charge in [-0.25, -0.2) is 73.7 Å². The Balaban J connectivity index is 0.000000143. The number of halogens is 3. The predicted octanol–water partition coefficient (Wildman–Crippen LogP) is 17.5. The Labute approximate surface area is 834 Å². The first-order chi connectivity index (χ1) is 71.4. The number of fused-ring (bicyclic) bond motifs is 4. The first kappa shape index (κ1) is 103. The second kappa shape index (κ2) is 47.6. The largest absolute Gasteiger partial charge is 0.511 e. The molecule has 19 aromatic rings. The highest BCUT2D eigenvalue weighted by Crippen LogP contribution is 2.35. The molecule has 0 bridgehead atoms.